The van der Waals surface area contributed by atoms with Crippen LogP contribution in [0, 0.1) is 0 Å². The molecule has 1 fully saturated rings. The zero-order valence-corrected chi connectivity index (χ0v) is 15.1. The van der Waals surface area contributed by atoms with Crippen LogP contribution in [0.15, 0.2) is 35.7 Å². The van der Waals surface area contributed by atoms with E-state index in [2.05, 4.69) is 15.3 Å². The van der Waals surface area contributed by atoms with E-state index in [1.165, 1.54) is 11.3 Å². The third-order valence-corrected chi connectivity index (χ3v) is 5.38. The minimum absolute atomic E-state index is 0.00171. The summed E-state index contributed by atoms with van der Waals surface area (Å²) in [5, 5.41) is 5.85. The smallest absolute Gasteiger partial charge is 0.274 e. The molecule has 1 N–H and O–H groups in total. The molecular formula is C18H17ClN4OS. The van der Waals surface area contributed by atoms with Crippen molar-refractivity contribution in [2.45, 2.75) is 19.4 Å². The summed E-state index contributed by atoms with van der Waals surface area (Å²) in [6, 6.07) is 9.55. The van der Waals surface area contributed by atoms with Crippen molar-refractivity contribution >= 4 is 45.0 Å². The molecule has 4 rings (SSSR count). The average molecular weight is 373 g/mol. The first-order valence-electron chi connectivity index (χ1n) is 8.23. The lowest BCUT2D eigenvalue weighted by Gasteiger charge is -2.15. The van der Waals surface area contributed by atoms with E-state index in [1.807, 2.05) is 40.6 Å². The standard InChI is InChI=1S/C18H17ClN4OS/c19-13-5-3-4-12(10-13)11-20-18-21-14-6-9-25-16(14)15(22-18)17(24)23-7-1-2-8-23/h3-6,9-10H,1-2,7-8,11H2,(H,20,21,22). The lowest BCUT2D eigenvalue weighted by Crippen LogP contribution is -2.28. The van der Waals surface area contributed by atoms with Gasteiger partial charge in [-0.15, -0.1) is 11.3 Å². The van der Waals surface area contributed by atoms with E-state index in [0.29, 0.717) is 23.2 Å². The monoisotopic (exact) mass is 372 g/mol. The van der Waals surface area contributed by atoms with E-state index in [0.717, 1.165) is 41.7 Å². The third-order valence-electron chi connectivity index (χ3n) is 4.24. The van der Waals surface area contributed by atoms with Gasteiger partial charge in [0.25, 0.3) is 5.91 Å². The van der Waals surface area contributed by atoms with E-state index in [9.17, 15) is 4.79 Å². The lowest BCUT2D eigenvalue weighted by molar-refractivity contribution is 0.0789. The Bertz CT molecular complexity index is 920. The van der Waals surface area contributed by atoms with Gasteiger partial charge >= 0.3 is 0 Å². The van der Waals surface area contributed by atoms with Crippen LogP contribution in [-0.4, -0.2) is 33.9 Å². The van der Waals surface area contributed by atoms with Crippen LogP contribution in [0.1, 0.15) is 28.9 Å². The highest BCUT2D eigenvalue weighted by Gasteiger charge is 2.24. The van der Waals surface area contributed by atoms with E-state index in [1.54, 1.807) is 0 Å². The number of aromatic nitrogens is 2. The van der Waals surface area contributed by atoms with Crippen molar-refractivity contribution in [1.82, 2.24) is 14.9 Å². The minimum atomic E-state index is -0.00171. The number of carbonyl (C=O) groups is 1. The lowest BCUT2D eigenvalue weighted by atomic mass is 10.2. The molecule has 7 heteroatoms. The van der Waals surface area contributed by atoms with Crippen LogP contribution in [0.25, 0.3) is 10.2 Å². The van der Waals surface area contributed by atoms with Gasteiger partial charge in [0, 0.05) is 24.7 Å². The van der Waals surface area contributed by atoms with Gasteiger partial charge in [-0.25, -0.2) is 9.97 Å². The molecule has 1 aromatic carbocycles. The van der Waals surface area contributed by atoms with Crippen LogP contribution in [0.5, 0.6) is 0 Å². The molecule has 1 aliphatic heterocycles. The molecule has 0 bridgehead atoms. The molecule has 5 nitrogen and oxygen atoms in total. The second kappa shape index (κ2) is 6.98. The molecule has 3 aromatic rings. The number of nitrogens with zero attached hydrogens (tertiary/aromatic N) is 3. The van der Waals surface area contributed by atoms with Gasteiger partial charge in [-0.05, 0) is 42.0 Å². The van der Waals surface area contributed by atoms with Gasteiger partial charge in [-0.3, -0.25) is 4.79 Å². The number of hydrogen-bond donors (Lipinski definition) is 1. The van der Waals surface area contributed by atoms with Crippen molar-refractivity contribution in [3.05, 3.63) is 52.0 Å². The second-order valence-corrected chi connectivity index (χ2v) is 7.37. The first kappa shape index (κ1) is 16.3. The first-order chi connectivity index (χ1) is 12.2. The summed E-state index contributed by atoms with van der Waals surface area (Å²) in [6.45, 7) is 2.16. The predicted octanol–water partition coefficient (Wildman–Crippen LogP) is 4.19. The summed E-state index contributed by atoms with van der Waals surface area (Å²) >= 11 is 7.53. The van der Waals surface area contributed by atoms with Gasteiger partial charge in [0.05, 0.1) is 10.2 Å². The number of nitrogens with one attached hydrogen (secondary N) is 1. The van der Waals surface area contributed by atoms with Crippen LogP contribution in [0.3, 0.4) is 0 Å². The Balaban J connectivity index is 1.62. The Labute approximate surface area is 154 Å². The number of benzene rings is 1. The molecule has 0 spiro atoms. The maximum Gasteiger partial charge on any atom is 0.274 e. The molecule has 1 saturated heterocycles. The number of halogens is 1. The van der Waals surface area contributed by atoms with Crippen molar-refractivity contribution in [2.24, 2.45) is 0 Å². The first-order valence-corrected chi connectivity index (χ1v) is 9.49. The molecule has 25 heavy (non-hydrogen) atoms. The summed E-state index contributed by atoms with van der Waals surface area (Å²) in [5.74, 6) is 0.464. The summed E-state index contributed by atoms with van der Waals surface area (Å²) < 4.78 is 0.852. The summed E-state index contributed by atoms with van der Waals surface area (Å²) in [6.07, 6.45) is 2.12. The number of hydrogen-bond acceptors (Lipinski definition) is 5. The largest absolute Gasteiger partial charge is 0.350 e. The molecule has 0 saturated carbocycles. The Morgan fingerprint density at radius 2 is 2.08 bits per heavy atom. The molecule has 0 radical (unpaired) electrons. The minimum Gasteiger partial charge on any atom is -0.350 e. The quantitative estimate of drug-likeness (QED) is 0.745. The van der Waals surface area contributed by atoms with E-state index in [4.69, 9.17) is 11.6 Å². The normalized spacial score (nSPS) is 14.2. The van der Waals surface area contributed by atoms with Gasteiger partial charge in [0.1, 0.15) is 0 Å². The molecule has 0 aliphatic carbocycles. The molecule has 128 valence electrons. The van der Waals surface area contributed by atoms with Crippen LogP contribution < -0.4 is 5.32 Å². The van der Waals surface area contributed by atoms with Crippen molar-refractivity contribution < 1.29 is 4.79 Å². The highest BCUT2D eigenvalue weighted by molar-refractivity contribution is 7.17. The maximum atomic E-state index is 12.8. The zero-order valence-electron chi connectivity index (χ0n) is 13.5. The van der Waals surface area contributed by atoms with E-state index >= 15 is 0 Å². The molecule has 2 aromatic heterocycles. The Morgan fingerprint density at radius 1 is 1.24 bits per heavy atom. The zero-order chi connectivity index (χ0) is 17.2. The number of anilines is 1. The van der Waals surface area contributed by atoms with Crippen LogP contribution >= 0.6 is 22.9 Å². The van der Waals surface area contributed by atoms with Crippen molar-refractivity contribution in [1.29, 1.82) is 0 Å². The summed E-state index contributed by atoms with van der Waals surface area (Å²) in [7, 11) is 0. The number of fused-ring (bicyclic) bond motifs is 1. The predicted molar refractivity (Wildman–Crippen MR) is 101 cm³/mol. The summed E-state index contributed by atoms with van der Waals surface area (Å²) in [5.41, 5.74) is 2.33. The number of likely N-dealkylation sites (tertiary alicyclic amines) is 1. The average Bonchev–Trinajstić information content (AvgIpc) is 3.30. The molecular weight excluding hydrogens is 356 g/mol. The number of amides is 1. The molecule has 1 amide bonds. The SMILES string of the molecule is O=C(c1nc(NCc2cccc(Cl)c2)nc2ccsc12)N1CCCC1. The second-order valence-electron chi connectivity index (χ2n) is 6.01. The van der Waals surface area contributed by atoms with E-state index < -0.39 is 0 Å². The number of carbonyl (C=O) groups excluding carboxylic acids is 1. The third kappa shape index (κ3) is 3.45. The topological polar surface area (TPSA) is 58.1 Å². The van der Waals surface area contributed by atoms with Crippen molar-refractivity contribution in [3.8, 4) is 0 Å². The molecule has 3 heterocycles. The van der Waals surface area contributed by atoms with Crippen molar-refractivity contribution in [3.63, 3.8) is 0 Å². The van der Waals surface area contributed by atoms with Gasteiger partial charge < -0.3 is 10.2 Å². The molecule has 1 aliphatic rings. The van der Waals surface area contributed by atoms with Crippen LogP contribution in [0.2, 0.25) is 5.02 Å². The van der Waals surface area contributed by atoms with Gasteiger partial charge in [0.15, 0.2) is 5.69 Å². The van der Waals surface area contributed by atoms with Gasteiger partial charge in [-0.1, -0.05) is 23.7 Å². The number of rotatable bonds is 4. The molecule has 0 atom stereocenters. The van der Waals surface area contributed by atoms with E-state index in [-0.39, 0.29) is 5.91 Å². The molecule has 0 unspecified atom stereocenters. The van der Waals surface area contributed by atoms with Crippen LogP contribution in [-0.2, 0) is 6.54 Å². The fourth-order valence-electron chi connectivity index (χ4n) is 2.99. The Morgan fingerprint density at radius 3 is 2.88 bits per heavy atom. The van der Waals surface area contributed by atoms with Crippen LogP contribution in [0.4, 0.5) is 5.95 Å². The summed E-state index contributed by atoms with van der Waals surface area (Å²) in [4.78, 5) is 23.8. The Hall–Kier alpha value is -2.18. The van der Waals surface area contributed by atoms with Gasteiger partial charge in [0.2, 0.25) is 5.95 Å². The highest BCUT2D eigenvalue weighted by atomic mass is 35.5. The fourth-order valence-corrected chi connectivity index (χ4v) is 4.01. The Kier molecular flexibility index (Phi) is 4.55. The maximum absolute atomic E-state index is 12.8. The van der Waals surface area contributed by atoms with Crippen molar-refractivity contribution in [2.75, 3.05) is 18.4 Å². The fraction of sp³-hybridized carbons (Fsp3) is 0.278. The highest BCUT2D eigenvalue weighted by Crippen LogP contribution is 2.26. The van der Waals surface area contributed by atoms with Gasteiger partial charge in [-0.2, -0.15) is 0 Å². The number of thiophene rings is 1.